The monoisotopic (exact) mass is 348 g/mol. The second-order valence-electron chi connectivity index (χ2n) is 7.41. The van der Waals surface area contributed by atoms with Crippen LogP contribution in [0.4, 0.5) is 0 Å². The normalized spacial score (nSPS) is 22.9. The molecule has 1 heterocycles. The maximum Gasteiger partial charge on any atom is 0.225 e. The standard InChI is InChI=1S/C22H24N2O2/c25-21(17-9-5-2-6-10-17)19-14-24(13-16-7-3-1-4-8-16)15-20(19)22(26)23-18-11-12-18/h1-10,18-20H,11-15H2,(H,23,26)/t19-,20-/m0/s1. The number of likely N-dealkylation sites (tertiary alicyclic amines) is 1. The lowest BCUT2D eigenvalue weighted by atomic mass is 9.88. The van der Waals surface area contributed by atoms with E-state index < -0.39 is 0 Å². The molecule has 0 spiro atoms. The van der Waals surface area contributed by atoms with Crippen LogP contribution in [0.1, 0.15) is 28.8 Å². The van der Waals surface area contributed by atoms with Gasteiger partial charge in [0.05, 0.1) is 5.92 Å². The summed E-state index contributed by atoms with van der Waals surface area (Å²) in [6.07, 6.45) is 2.12. The highest BCUT2D eigenvalue weighted by Crippen LogP contribution is 2.30. The summed E-state index contributed by atoms with van der Waals surface area (Å²) in [5.41, 5.74) is 1.91. The minimum atomic E-state index is -0.278. The summed E-state index contributed by atoms with van der Waals surface area (Å²) < 4.78 is 0. The molecule has 2 aromatic carbocycles. The number of carbonyl (C=O) groups excluding carboxylic acids is 2. The largest absolute Gasteiger partial charge is 0.353 e. The van der Waals surface area contributed by atoms with Gasteiger partial charge in [0.2, 0.25) is 5.91 Å². The fourth-order valence-corrected chi connectivity index (χ4v) is 3.74. The van der Waals surface area contributed by atoms with Crippen molar-refractivity contribution < 1.29 is 9.59 Å². The summed E-state index contributed by atoms with van der Waals surface area (Å²) >= 11 is 0. The lowest BCUT2D eigenvalue weighted by Gasteiger charge is -2.17. The Morgan fingerprint density at radius 2 is 1.50 bits per heavy atom. The number of nitrogens with zero attached hydrogens (tertiary/aromatic N) is 1. The van der Waals surface area contributed by atoms with E-state index in [0.29, 0.717) is 24.7 Å². The van der Waals surface area contributed by atoms with E-state index in [0.717, 1.165) is 19.4 Å². The van der Waals surface area contributed by atoms with Gasteiger partial charge in [-0.05, 0) is 18.4 Å². The Morgan fingerprint density at radius 3 is 2.15 bits per heavy atom. The van der Waals surface area contributed by atoms with Crippen molar-refractivity contribution in [3.8, 4) is 0 Å². The van der Waals surface area contributed by atoms with Gasteiger partial charge in [0, 0.05) is 37.2 Å². The fourth-order valence-electron chi connectivity index (χ4n) is 3.74. The van der Waals surface area contributed by atoms with Crippen molar-refractivity contribution in [3.63, 3.8) is 0 Å². The number of rotatable bonds is 6. The Balaban J connectivity index is 1.52. The number of hydrogen-bond donors (Lipinski definition) is 1. The smallest absolute Gasteiger partial charge is 0.225 e. The maximum absolute atomic E-state index is 13.1. The van der Waals surface area contributed by atoms with E-state index >= 15 is 0 Å². The molecule has 1 amide bonds. The van der Waals surface area contributed by atoms with Crippen molar-refractivity contribution in [1.29, 1.82) is 0 Å². The molecular weight excluding hydrogens is 324 g/mol. The first-order valence-electron chi connectivity index (χ1n) is 9.36. The summed E-state index contributed by atoms with van der Waals surface area (Å²) in [4.78, 5) is 28.0. The third-order valence-electron chi connectivity index (χ3n) is 5.30. The average Bonchev–Trinajstić information content (AvgIpc) is 3.39. The fraction of sp³-hybridized carbons (Fsp3) is 0.364. The quantitative estimate of drug-likeness (QED) is 0.817. The van der Waals surface area contributed by atoms with Crippen LogP contribution in [0.5, 0.6) is 0 Å². The molecule has 1 saturated heterocycles. The molecule has 4 nitrogen and oxygen atoms in total. The molecule has 1 saturated carbocycles. The molecule has 26 heavy (non-hydrogen) atoms. The zero-order valence-corrected chi connectivity index (χ0v) is 14.8. The van der Waals surface area contributed by atoms with E-state index in [1.165, 1.54) is 5.56 Å². The summed E-state index contributed by atoms with van der Waals surface area (Å²) in [5, 5.41) is 3.10. The molecule has 2 fully saturated rings. The first-order valence-corrected chi connectivity index (χ1v) is 9.36. The van der Waals surface area contributed by atoms with Crippen LogP contribution in [0.2, 0.25) is 0 Å². The van der Waals surface area contributed by atoms with Gasteiger partial charge in [0.15, 0.2) is 5.78 Å². The third-order valence-corrected chi connectivity index (χ3v) is 5.30. The molecule has 1 aliphatic heterocycles. The second-order valence-corrected chi connectivity index (χ2v) is 7.41. The SMILES string of the molecule is O=C(NC1CC1)[C@H]1CN(Cc2ccccc2)C[C@@H]1C(=O)c1ccccc1. The molecule has 0 radical (unpaired) electrons. The van der Waals surface area contributed by atoms with Crippen molar-refractivity contribution >= 4 is 11.7 Å². The number of carbonyl (C=O) groups is 2. The van der Waals surface area contributed by atoms with E-state index in [1.807, 2.05) is 48.5 Å². The zero-order valence-electron chi connectivity index (χ0n) is 14.8. The van der Waals surface area contributed by atoms with Gasteiger partial charge in [-0.15, -0.1) is 0 Å². The lowest BCUT2D eigenvalue weighted by Crippen LogP contribution is -2.38. The Hall–Kier alpha value is -2.46. The molecular formula is C22H24N2O2. The van der Waals surface area contributed by atoms with E-state index in [9.17, 15) is 9.59 Å². The molecule has 2 atom stereocenters. The summed E-state index contributed by atoms with van der Waals surface area (Å²) in [5.74, 6) is -0.429. The summed E-state index contributed by atoms with van der Waals surface area (Å²) in [6, 6.07) is 19.9. The van der Waals surface area contributed by atoms with Gasteiger partial charge in [-0.3, -0.25) is 14.5 Å². The van der Waals surface area contributed by atoms with E-state index in [4.69, 9.17) is 0 Å². The first kappa shape index (κ1) is 17.0. The predicted octanol–water partition coefficient (Wildman–Crippen LogP) is 2.90. The van der Waals surface area contributed by atoms with Crippen LogP contribution in [-0.2, 0) is 11.3 Å². The van der Waals surface area contributed by atoms with Crippen LogP contribution in [0.25, 0.3) is 0 Å². The number of ketones is 1. The highest BCUT2D eigenvalue weighted by Gasteiger charge is 2.42. The van der Waals surface area contributed by atoms with E-state index in [-0.39, 0.29) is 23.5 Å². The Labute approximate surface area is 154 Å². The predicted molar refractivity (Wildman–Crippen MR) is 101 cm³/mol. The molecule has 134 valence electrons. The van der Waals surface area contributed by atoms with Crippen molar-refractivity contribution in [1.82, 2.24) is 10.2 Å². The van der Waals surface area contributed by atoms with Crippen molar-refractivity contribution in [2.24, 2.45) is 11.8 Å². The van der Waals surface area contributed by atoms with Crippen LogP contribution >= 0.6 is 0 Å². The summed E-state index contributed by atoms with van der Waals surface area (Å²) in [6.45, 7) is 2.04. The second kappa shape index (κ2) is 7.42. The van der Waals surface area contributed by atoms with Gasteiger partial charge in [0.1, 0.15) is 0 Å². The van der Waals surface area contributed by atoms with Crippen LogP contribution < -0.4 is 5.32 Å². The molecule has 4 rings (SSSR count). The molecule has 0 unspecified atom stereocenters. The summed E-state index contributed by atoms with van der Waals surface area (Å²) in [7, 11) is 0. The van der Waals surface area contributed by atoms with E-state index in [1.54, 1.807) is 0 Å². The molecule has 2 aromatic rings. The highest BCUT2D eigenvalue weighted by molar-refractivity contribution is 6.01. The topological polar surface area (TPSA) is 49.4 Å². The number of benzene rings is 2. The van der Waals surface area contributed by atoms with Gasteiger partial charge < -0.3 is 5.32 Å². The van der Waals surface area contributed by atoms with Gasteiger partial charge in [-0.25, -0.2) is 0 Å². The van der Waals surface area contributed by atoms with Crippen LogP contribution in [0.15, 0.2) is 60.7 Å². The molecule has 1 aliphatic carbocycles. The molecule has 0 aromatic heterocycles. The van der Waals surface area contributed by atoms with Crippen LogP contribution in [0, 0.1) is 11.8 Å². The first-order chi connectivity index (χ1) is 12.7. The number of hydrogen-bond acceptors (Lipinski definition) is 3. The molecule has 0 bridgehead atoms. The van der Waals surface area contributed by atoms with Gasteiger partial charge in [-0.1, -0.05) is 60.7 Å². The number of nitrogens with one attached hydrogen (secondary N) is 1. The van der Waals surface area contributed by atoms with Gasteiger partial charge in [-0.2, -0.15) is 0 Å². The average molecular weight is 348 g/mol. The van der Waals surface area contributed by atoms with Crippen molar-refractivity contribution in [3.05, 3.63) is 71.8 Å². The zero-order chi connectivity index (χ0) is 17.9. The van der Waals surface area contributed by atoms with Crippen LogP contribution in [0.3, 0.4) is 0 Å². The van der Waals surface area contributed by atoms with E-state index in [2.05, 4.69) is 22.3 Å². The third kappa shape index (κ3) is 3.86. The Bertz CT molecular complexity index is 771. The Kier molecular flexibility index (Phi) is 4.85. The Morgan fingerprint density at radius 1 is 0.885 bits per heavy atom. The minimum absolute atomic E-state index is 0.0392. The highest BCUT2D eigenvalue weighted by atomic mass is 16.2. The van der Waals surface area contributed by atoms with Crippen molar-refractivity contribution in [2.75, 3.05) is 13.1 Å². The molecule has 2 aliphatic rings. The van der Waals surface area contributed by atoms with Gasteiger partial charge in [0.25, 0.3) is 0 Å². The number of amides is 1. The molecule has 4 heteroatoms. The number of Topliss-reactive ketones (excluding diaryl/α,β-unsaturated/α-hetero) is 1. The molecule has 1 N–H and O–H groups in total. The van der Waals surface area contributed by atoms with Crippen molar-refractivity contribution in [2.45, 2.75) is 25.4 Å². The minimum Gasteiger partial charge on any atom is -0.353 e. The van der Waals surface area contributed by atoms with Gasteiger partial charge >= 0.3 is 0 Å². The lowest BCUT2D eigenvalue weighted by molar-refractivity contribution is -0.125. The van der Waals surface area contributed by atoms with Crippen LogP contribution in [-0.4, -0.2) is 35.7 Å². The maximum atomic E-state index is 13.1.